The molecule has 0 spiro atoms. The Labute approximate surface area is 92.7 Å². The molecule has 0 aromatic rings. The van der Waals surface area contributed by atoms with E-state index in [1.165, 1.54) is 58.1 Å². The Kier molecular flexibility index (Phi) is 6.14. The number of ether oxygens (including phenoxy) is 1. The van der Waals surface area contributed by atoms with E-state index in [0.29, 0.717) is 0 Å². The number of esters is 1. The van der Waals surface area contributed by atoms with E-state index in [9.17, 15) is 4.79 Å². The molecule has 0 bridgehead atoms. The summed E-state index contributed by atoms with van der Waals surface area (Å²) in [5.74, 6) is 0.706. The molecule has 0 amide bonds. The summed E-state index contributed by atoms with van der Waals surface area (Å²) in [7, 11) is 1.41. The second-order valence-electron chi connectivity index (χ2n) is 4.36. The molecule has 0 aliphatic heterocycles. The van der Waals surface area contributed by atoms with Crippen LogP contribution in [0.2, 0.25) is 0 Å². The van der Waals surface area contributed by atoms with Gasteiger partial charge in [0.1, 0.15) is 0 Å². The maximum atomic E-state index is 10.8. The molecule has 0 radical (unpaired) electrons. The van der Waals surface area contributed by atoms with Crippen LogP contribution in [0.1, 0.15) is 51.4 Å². The summed E-state index contributed by atoms with van der Waals surface area (Å²) in [6.45, 7) is 0. The summed E-state index contributed by atoms with van der Waals surface area (Å²) >= 11 is 0. The van der Waals surface area contributed by atoms with E-state index in [2.05, 4.69) is 4.74 Å². The number of rotatable bonds is 5. The van der Waals surface area contributed by atoms with E-state index in [4.69, 9.17) is 0 Å². The van der Waals surface area contributed by atoms with Gasteiger partial charge < -0.3 is 4.74 Å². The number of unbranched alkanes of at least 4 members (excludes halogenated alkanes) is 1. The highest BCUT2D eigenvalue weighted by molar-refractivity contribution is 5.81. The fraction of sp³-hybridized carbons (Fsp3) is 0.769. The molecule has 15 heavy (non-hydrogen) atoms. The average molecular weight is 210 g/mol. The molecule has 1 aliphatic carbocycles. The minimum atomic E-state index is -0.243. The summed E-state index contributed by atoms with van der Waals surface area (Å²) in [6, 6.07) is 0. The van der Waals surface area contributed by atoms with Gasteiger partial charge in [0, 0.05) is 6.08 Å². The highest BCUT2D eigenvalue weighted by Crippen LogP contribution is 2.27. The molecule has 0 aromatic carbocycles. The molecule has 86 valence electrons. The molecule has 1 rings (SSSR count). The number of methoxy groups -OCH3 is 1. The first-order valence-electron chi connectivity index (χ1n) is 6.07. The molecule has 2 nitrogen and oxygen atoms in total. The van der Waals surface area contributed by atoms with Crippen LogP contribution in [0, 0.1) is 5.92 Å². The monoisotopic (exact) mass is 210 g/mol. The lowest BCUT2D eigenvalue weighted by molar-refractivity contribution is -0.134. The van der Waals surface area contributed by atoms with Crippen LogP contribution in [-0.2, 0) is 9.53 Å². The Hall–Kier alpha value is -0.790. The van der Waals surface area contributed by atoms with Gasteiger partial charge in [-0.15, -0.1) is 0 Å². The van der Waals surface area contributed by atoms with Crippen LogP contribution in [0.5, 0.6) is 0 Å². The van der Waals surface area contributed by atoms with E-state index < -0.39 is 0 Å². The predicted octanol–water partition coefficient (Wildman–Crippen LogP) is 3.47. The molecule has 1 saturated carbocycles. The third-order valence-corrected chi connectivity index (χ3v) is 3.16. The third-order valence-electron chi connectivity index (χ3n) is 3.16. The average Bonchev–Trinajstić information content (AvgIpc) is 2.29. The Morgan fingerprint density at radius 3 is 2.73 bits per heavy atom. The van der Waals surface area contributed by atoms with Crippen LogP contribution >= 0.6 is 0 Å². The first-order chi connectivity index (χ1) is 7.33. The van der Waals surface area contributed by atoms with Gasteiger partial charge in [-0.1, -0.05) is 44.6 Å². The van der Waals surface area contributed by atoms with Crippen molar-refractivity contribution in [3.63, 3.8) is 0 Å². The fourth-order valence-corrected chi connectivity index (χ4v) is 2.25. The molecule has 0 heterocycles. The molecule has 0 saturated heterocycles. The second kappa shape index (κ2) is 7.49. The zero-order chi connectivity index (χ0) is 10.9. The van der Waals surface area contributed by atoms with Crippen molar-refractivity contribution < 1.29 is 9.53 Å². The van der Waals surface area contributed by atoms with Gasteiger partial charge in [0.25, 0.3) is 0 Å². The van der Waals surface area contributed by atoms with Crippen LogP contribution < -0.4 is 0 Å². The smallest absolute Gasteiger partial charge is 0.330 e. The SMILES string of the molecule is COC(=O)/C=C\CCCC1CCCCC1. The van der Waals surface area contributed by atoms with E-state index >= 15 is 0 Å². The minimum Gasteiger partial charge on any atom is -0.466 e. The number of allylic oxidation sites excluding steroid dienone is 1. The van der Waals surface area contributed by atoms with Crippen molar-refractivity contribution in [1.82, 2.24) is 0 Å². The lowest BCUT2D eigenvalue weighted by atomic mass is 9.86. The first kappa shape index (κ1) is 12.3. The first-order valence-corrected chi connectivity index (χ1v) is 6.07. The predicted molar refractivity (Wildman–Crippen MR) is 61.6 cm³/mol. The van der Waals surface area contributed by atoms with Crippen molar-refractivity contribution in [1.29, 1.82) is 0 Å². The van der Waals surface area contributed by atoms with E-state index in [-0.39, 0.29) is 5.97 Å². The summed E-state index contributed by atoms with van der Waals surface area (Å²) in [4.78, 5) is 10.8. The Morgan fingerprint density at radius 1 is 1.33 bits per heavy atom. The summed E-state index contributed by atoms with van der Waals surface area (Å²) in [5.41, 5.74) is 0. The van der Waals surface area contributed by atoms with Crippen molar-refractivity contribution >= 4 is 5.97 Å². The lowest BCUT2D eigenvalue weighted by Crippen LogP contribution is -2.05. The van der Waals surface area contributed by atoms with Crippen LogP contribution in [0.25, 0.3) is 0 Å². The van der Waals surface area contributed by atoms with Crippen molar-refractivity contribution in [2.45, 2.75) is 51.4 Å². The number of carbonyl (C=O) groups excluding carboxylic acids is 1. The molecule has 1 fully saturated rings. The van der Waals surface area contributed by atoms with Crippen molar-refractivity contribution in [3.05, 3.63) is 12.2 Å². The molecule has 1 aliphatic rings. The van der Waals surface area contributed by atoms with E-state index in [1.807, 2.05) is 6.08 Å². The fourth-order valence-electron chi connectivity index (χ4n) is 2.25. The maximum absolute atomic E-state index is 10.8. The topological polar surface area (TPSA) is 26.3 Å². The largest absolute Gasteiger partial charge is 0.466 e. The van der Waals surface area contributed by atoms with Gasteiger partial charge in [-0.25, -0.2) is 4.79 Å². The van der Waals surface area contributed by atoms with Crippen LogP contribution in [0.15, 0.2) is 12.2 Å². The Bertz CT molecular complexity index is 203. The maximum Gasteiger partial charge on any atom is 0.330 e. The van der Waals surface area contributed by atoms with Gasteiger partial charge in [0.15, 0.2) is 0 Å². The third kappa shape index (κ3) is 5.60. The molecular weight excluding hydrogens is 188 g/mol. The molecule has 0 unspecified atom stereocenters. The van der Waals surface area contributed by atoms with Gasteiger partial charge in [-0.05, 0) is 18.8 Å². The summed E-state index contributed by atoms with van der Waals surface area (Å²) < 4.78 is 4.52. The molecular formula is C13H22O2. The minimum absolute atomic E-state index is 0.243. The van der Waals surface area contributed by atoms with Gasteiger partial charge in [-0.2, -0.15) is 0 Å². The van der Waals surface area contributed by atoms with Crippen LogP contribution in [0.3, 0.4) is 0 Å². The highest BCUT2D eigenvalue weighted by atomic mass is 16.5. The number of hydrogen-bond acceptors (Lipinski definition) is 2. The number of hydrogen-bond donors (Lipinski definition) is 0. The quantitative estimate of drug-likeness (QED) is 0.394. The van der Waals surface area contributed by atoms with Crippen molar-refractivity contribution in [2.75, 3.05) is 7.11 Å². The standard InChI is InChI=1S/C13H22O2/c1-15-13(14)11-7-3-6-10-12-8-4-2-5-9-12/h7,11-12H,2-6,8-10H2,1H3/b11-7-. The normalized spacial score (nSPS) is 18.2. The van der Waals surface area contributed by atoms with E-state index in [0.717, 1.165) is 12.3 Å². The Balaban J connectivity index is 2.00. The van der Waals surface area contributed by atoms with Gasteiger partial charge in [-0.3, -0.25) is 0 Å². The van der Waals surface area contributed by atoms with E-state index in [1.54, 1.807) is 0 Å². The van der Waals surface area contributed by atoms with Gasteiger partial charge in [0.2, 0.25) is 0 Å². The second-order valence-corrected chi connectivity index (χ2v) is 4.36. The van der Waals surface area contributed by atoms with Crippen LogP contribution in [0.4, 0.5) is 0 Å². The van der Waals surface area contributed by atoms with Crippen LogP contribution in [-0.4, -0.2) is 13.1 Å². The molecule has 0 aromatic heterocycles. The number of carbonyl (C=O) groups is 1. The molecule has 0 N–H and O–H groups in total. The molecule has 2 heteroatoms. The van der Waals surface area contributed by atoms with Crippen molar-refractivity contribution in [3.8, 4) is 0 Å². The molecule has 0 atom stereocenters. The van der Waals surface area contributed by atoms with Crippen molar-refractivity contribution in [2.24, 2.45) is 5.92 Å². The summed E-state index contributed by atoms with van der Waals surface area (Å²) in [6.07, 6.45) is 14.1. The van der Waals surface area contributed by atoms with Gasteiger partial charge >= 0.3 is 5.97 Å². The zero-order valence-corrected chi connectivity index (χ0v) is 9.71. The Morgan fingerprint density at radius 2 is 2.07 bits per heavy atom. The highest BCUT2D eigenvalue weighted by Gasteiger charge is 2.11. The summed E-state index contributed by atoms with van der Waals surface area (Å²) in [5, 5.41) is 0. The zero-order valence-electron chi connectivity index (χ0n) is 9.71. The lowest BCUT2D eigenvalue weighted by Gasteiger charge is -2.20. The van der Waals surface area contributed by atoms with Gasteiger partial charge in [0.05, 0.1) is 7.11 Å².